The van der Waals surface area contributed by atoms with Gasteiger partial charge in [-0.3, -0.25) is 5.21 Å². The molecule has 0 radical (unpaired) electrons. The second-order valence-corrected chi connectivity index (χ2v) is 6.43. The zero-order chi connectivity index (χ0) is 17.4. The van der Waals surface area contributed by atoms with E-state index >= 15 is 0 Å². The van der Waals surface area contributed by atoms with Gasteiger partial charge in [0.25, 0.3) is 0 Å². The number of methoxy groups -OCH3 is 1. The molecule has 0 fully saturated rings. The lowest BCUT2D eigenvalue weighted by Crippen LogP contribution is -2.14. The summed E-state index contributed by atoms with van der Waals surface area (Å²) in [4.78, 5) is 0. The van der Waals surface area contributed by atoms with Gasteiger partial charge in [0.2, 0.25) is 5.16 Å². The number of nitrogens with zero attached hydrogens (tertiary/aromatic N) is 4. The van der Waals surface area contributed by atoms with Crippen LogP contribution in [0.5, 0.6) is 5.75 Å². The third-order valence-corrected chi connectivity index (χ3v) is 4.96. The van der Waals surface area contributed by atoms with Gasteiger partial charge in [-0.15, -0.1) is 10.2 Å². The molecular weight excluding hydrogens is 342 g/mol. The predicted octanol–water partition coefficient (Wildman–Crippen LogP) is 3.00. The van der Waals surface area contributed by atoms with Crippen molar-refractivity contribution in [2.24, 2.45) is 0 Å². The Hall–Kier alpha value is -2.75. The van der Waals surface area contributed by atoms with E-state index in [9.17, 15) is 5.21 Å². The number of nitrogens with one attached hydrogen (secondary N) is 1. The number of rotatable bonds is 4. The maximum Gasteiger partial charge on any atom is 0.212 e. The van der Waals surface area contributed by atoms with Gasteiger partial charge in [-0.25, -0.2) is 4.68 Å². The molecule has 2 aromatic carbocycles. The van der Waals surface area contributed by atoms with E-state index in [0.717, 1.165) is 22.0 Å². The van der Waals surface area contributed by atoms with Crippen LogP contribution in [0.25, 0.3) is 11.4 Å². The highest BCUT2D eigenvalue weighted by Crippen LogP contribution is 2.40. The van der Waals surface area contributed by atoms with E-state index in [0.29, 0.717) is 5.82 Å². The van der Waals surface area contributed by atoms with Crippen molar-refractivity contribution in [1.82, 2.24) is 14.9 Å². The van der Waals surface area contributed by atoms with Gasteiger partial charge in [0, 0.05) is 5.56 Å². The largest absolute Gasteiger partial charge is 0.733 e. The molecule has 1 aliphatic heterocycles. The second kappa shape index (κ2) is 6.28. The number of hydrogen-bond donors (Lipinski definition) is 2. The Morgan fingerprint density at radius 1 is 1.16 bits per heavy atom. The minimum absolute atomic E-state index is 0.0599. The van der Waals surface area contributed by atoms with E-state index in [2.05, 4.69) is 15.6 Å². The van der Waals surface area contributed by atoms with Crippen LogP contribution in [0.2, 0.25) is 0 Å². The SMILES string of the molecule is COc1ccc(-c2nnc3n2N[C@H](c2ccc(N([O-])O)cc2)S3)cc1. The van der Waals surface area contributed by atoms with Crippen molar-refractivity contribution < 1.29 is 9.94 Å². The van der Waals surface area contributed by atoms with Gasteiger partial charge in [-0.2, -0.15) is 0 Å². The van der Waals surface area contributed by atoms with Crippen LogP contribution in [-0.4, -0.2) is 27.2 Å². The topological polar surface area (TPSA) is 98.5 Å². The van der Waals surface area contributed by atoms with Crippen molar-refractivity contribution in [2.75, 3.05) is 17.8 Å². The average Bonchev–Trinajstić information content (AvgIpc) is 3.22. The Balaban J connectivity index is 1.57. The molecule has 0 saturated heterocycles. The molecule has 2 N–H and O–H groups in total. The fourth-order valence-electron chi connectivity index (χ4n) is 2.56. The number of fused-ring (bicyclic) bond motifs is 1. The first-order valence-electron chi connectivity index (χ1n) is 7.45. The van der Waals surface area contributed by atoms with E-state index in [-0.39, 0.29) is 16.3 Å². The molecule has 0 amide bonds. The van der Waals surface area contributed by atoms with Gasteiger partial charge in [0.15, 0.2) is 5.82 Å². The molecule has 4 rings (SSSR count). The summed E-state index contributed by atoms with van der Waals surface area (Å²) >= 11 is 1.53. The molecule has 3 aromatic rings. The lowest BCUT2D eigenvalue weighted by Gasteiger charge is -2.22. The number of aromatic nitrogens is 3. The first-order chi connectivity index (χ1) is 12.2. The van der Waals surface area contributed by atoms with E-state index in [1.807, 2.05) is 28.9 Å². The Morgan fingerprint density at radius 2 is 1.88 bits per heavy atom. The Morgan fingerprint density at radius 3 is 2.52 bits per heavy atom. The average molecular weight is 356 g/mol. The summed E-state index contributed by atoms with van der Waals surface area (Å²) < 4.78 is 7.02. The zero-order valence-electron chi connectivity index (χ0n) is 13.2. The fraction of sp³-hybridized carbons (Fsp3) is 0.125. The maximum atomic E-state index is 10.9. The van der Waals surface area contributed by atoms with Crippen molar-refractivity contribution in [3.05, 3.63) is 59.3 Å². The van der Waals surface area contributed by atoms with Gasteiger partial charge in [-0.1, -0.05) is 23.9 Å². The standard InChI is InChI=1S/C16H14N5O3S/c1-24-13-8-4-10(5-9-13)14-17-18-16-20(14)19-15(25-16)11-2-6-12(7-3-11)21(22)23/h2-9,15,19,22H,1H3/q-1/t15-/m0/s1. The molecule has 1 aromatic heterocycles. The van der Waals surface area contributed by atoms with Crippen LogP contribution in [0.4, 0.5) is 5.69 Å². The molecule has 2 heterocycles. The first-order valence-corrected chi connectivity index (χ1v) is 8.33. The molecular formula is C16H14N5O3S-. The highest BCUT2D eigenvalue weighted by atomic mass is 32.2. The van der Waals surface area contributed by atoms with Gasteiger partial charge in [0.05, 0.1) is 12.8 Å². The summed E-state index contributed by atoms with van der Waals surface area (Å²) in [5.41, 5.74) is 5.41. The molecule has 25 heavy (non-hydrogen) atoms. The van der Waals surface area contributed by atoms with E-state index in [4.69, 9.17) is 9.94 Å². The summed E-state index contributed by atoms with van der Waals surface area (Å²) in [5.74, 6) is 1.49. The molecule has 9 heteroatoms. The van der Waals surface area contributed by atoms with Crippen molar-refractivity contribution in [2.45, 2.75) is 10.5 Å². The first kappa shape index (κ1) is 15.8. The number of hydrogen-bond acceptors (Lipinski definition) is 8. The fourth-order valence-corrected chi connectivity index (χ4v) is 3.55. The summed E-state index contributed by atoms with van der Waals surface area (Å²) in [6.45, 7) is 0. The van der Waals surface area contributed by atoms with Gasteiger partial charge in [0.1, 0.15) is 11.1 Å². The number of anilines is 1. The Bertz CT molecular complexity index is 880. The lowest BCUT2D eigenvalue weighted by atomic mass is 10.2. The molecule has 1 atom stereocenters. The summed E-state index contributed by atoms with van der Waals surface area (Å²) in [6.07, 6.45) is 0. The number of ether oxygens (including phenoxy) is 1. The summed E-state index contributed by atoms with van der Waals surface area (Å²) in [6, 6.07) is 14.3. The zero-order valence-corrected chi connectivity index (χ0v) is 14.0. The molecule has 0 aliphatic carbocycles. The van der Waals surface area contributed by atoms with Gasteiger partial charge < -0.3 is 20.6 Å². The number of benzene rings is 2. The summed E-state index contributed by atoms with van der Waals surface area (Å²) in [7, 11) is 1.63. The van der Waals surface area contributed by atoms with Crippen molar-refractivity contribution >= 4 is 17.4 Å². The smallest absolute Gasteiger partial charge is 0.212 e. The minimum atomic E-state index is -0.157. The van der Waals surface area contributed by atoms with Crippen LogP contribution in [0.15, 0.2) is 53.7 Å². The van der Waals surface area contributed by atoms with Crippen LogP contribution < -0.4 is 15.4 Å². The minimum Gasteiger partial charge on any atom is -0.733 e. The molecule has 0 unspecified atom stereocenters. The molecule has 0 bridgehead atoms. The van der Waals surface area contributed by atoms with Crippen LogP contribution in [-0.2, 0) is 0 Å². The number of thioether (sulfide) groups is 1. The third-order valence-electron chi connectivity index (χ3n) is 3.87. The summed E-state index contributed by atoms with van der Waals surface area (Å²) in [5, 5.41) is 28.8. The van der Waals surface area contributed by atoms with Gasteiger partial charge in [-0.05, 0) is 42.0 Å². The molecule has 0 saturated carbocycles. The van der Waals surface area contributed by atoms with Crippen molar-refractivity contribution in [3.63, 3.8) is 0 Å². The molecule has 8 nitrogen and oxygen atoms in total. The maximum absolute atomic E-state index is 10.9. The lowest BCUT2D eigenvalue weighted by molar-refractivity contribution is 0.296. The Kier molecular flexibility index (Phi) is 3.96. The molecule has 128 valence electrons. The van der Waals surface area contributed by atoms with Crippen LogP contribution >= 0.6 is 11.8 Å². The normalized spacial score (nSPS) is 15.6. The quantitative estimate of drug-likeness (QED) is 0.689. The van der Waals surface area contributed by atoms with Crippen molar-refractivity contribution in [3.8, 4) is 17.1 Å². The van der Waals surface area contributed by atoms with Crippen molar-refractivity contribution in [1.29, 1.82) is 0 Å². The highest BCUT2D eigenvalue weighted by Gasteiger charge is 2.28. The van der Waals surface area contributed by atoms with Crippen LogP contribution in [0.3, 0.4) is 0 Å². The van der Waals surface area contributed by atoms with E-state index in [1.165, 1.54) is 11.8 Å². The predicted molar refractivity (Wildman–Crippen MR) is 94.0 cm³/mol. The van der Waals surface area contributed by atoms with E-state index < -0.39 is 0 Å². The van der Waals surface area contributed by atoms with E-state index in [1.54, 1.807) is 31.4 Å². The molecule has 0 spiro atoms. The van der Waals surface area contributed by atoms with Crippen LogP contribution in [0.1, 0.15) is 10.9 Å². The third kappa shape index (κ3) is 2.88. The Labute approximate surface area is 147 Å². The highest BCUT2D eigenvalue weighted by molar-refractivity contribution is 7.99. The van der Waals surface area contributed by atoms with Gasteiger partial charge >= 0.3 is 0 Å². The second-order valence-electron chi connectivity index (χ2n) is 5.36. The van der Waals surface area contributed by atoms with Crippen LogP contribution in [0, 0.1) is 5.21 Å². The monoisotopic (exact) mass is 356 g/mol. The molecule has 1 aliphatic rings.